The van der Waals surface area contributed by atoms with Gasteiger partial charge < -0.3 is 5.11 Å². The van der Waals surface area contributed by atoms with Crippen molar-refractivity contribution in [3.8, 4) is 0 Å². The Morgan fingerprint density at radius 2 is 1.92 bits per heavy atom. The molecule has 0 amide bonds. The second-order valence-electron chi connectivity index (χ2n) is 2.33. The lowest BCUT2D eigenvalue weighted by Crippen LogP contribution is -2.11. The van der Waals surface area contributed by atoms with Crippen LogP contribution in [0.15, 0.2) is 18.2 Å². The van der Waals surface area contributed by atoms with Gasteiger partial charge in [-0.1, -0.05) is 53.1 Å². The van der Waals surface area contributed by atoms with E-state index in [2.05, 4.69) is 0 Å². The average Bonchev–Trinajstić information content (AvgIpc) is 2.08. The van der Waals surface area contributed by atoms with Gasteiger partial charge in [0.2, 0.25) is 0 Å². The number of halogens is 3. The highest BCUT2D eigenvalue weighted by Crippen LogP contribution is 2.23. The molecule has 0 aliphatic heterocycles. The topological polar surface area (TPSA) is 20.2 Å². The van der Waals surface area contributed by atoms with Gasteiger partial charge in [0.15, 0.2) is 5.56 Å². The summed E-state index contributed by atoms with van der Waals surface area (Å²) in [5.74, 6) is 0. The first-order chi connectivity index (χ1) is 6.02. The molecule has 0 saturated carbocycles. The third-order valence-electron chi connectivity index (χ3n) is 1.42. The van der Waals surface area contributed by atoms with Crippen LogP contribution in [-0.4, -0.2) is 15.5 Å². The van der Waals surface area contributed by atoms with E-state index in [-0.39, 0.29) is 4.86 Å². The Bertz CT molecular complexity index is 338. The maximum atomic E-state index is 8.98. The zero-order valence-electron chi connectivity index (χ0n) is 6.30. The van der Waals surface area contributed by atoms with E-state index in [0.29, 0.717) is 15.6 Å². The van der Waals surface area contributed by atoms with Gasteiger partial charge in [-0.3, -0.25) is 0 Å². The summed E-state index contributed by atoms with van der Waals surface area (Å²) < 4.78 is 0. The van der Waals surface area contributed by atoms with Crippen molar-refractivity contribution >= 4 is 51.9 Å². The lowest BCUT2D eigenvalue weighted by Gasteiger charge is -2.05. The van der Waals surface area contributed by atoms with Gasteiger partial charge in [0, 0.05) is 0 Å². The molecule has 0 fully saturated rings. The van der Waals surface area contributed by atoms with Crippen molar-refractivity contribution in [3.63, 3.8) is 0 Å². The monoisotopic (exact) mass is 254 g/mol. The largest absolute Gasteiger partial charge is 0.373 e. The Hall–Kier alpha value is 0.140. The Balaban J connectivity index is 3.04. The van der Waals surface area contributed by atoms with E-state index in [1.54, 1.807) is 18.2 Å². The van der Waals surface area contributed by atoms with Crippen LogP contribution in [-0.2, 0) is 0 Å². The molecule has 0 saturated heterocycles. The minimum Gasteiger partial charge on any atom is -0.373 e. The van der Waals surface area contributed by atoms with Crippen molar-refractivity contribution in [2.24, 2.45) is 0 Å². The minimum atomic E-state index is -1.17. The third-order valence-corrected chi connectivity index (χ3v) is 2.97. The molecule has 0 heterocycles. The van der Waals surface area contributed by atoms with Gasteiger partial charge in [-0.15, -0.1) is 0 Å². The van der Waals surface area contributed by atoms with Gasteiger partial charge in [0.05, 0.1) is 14.9 Å². The second kappa shape index (κ2) is 4.58. The van der Waals surface area contributed by atoms with Crippen LogP contribution >= 0.6 is 47.0 Å². The van der Waals surface area contributed by atoms with Gasteiger partial charge in [0.25, 0.3) is 0 Å². The molecule has 1 rings (SSSR count). The van der Waals surface area contributed by atoms with Crippen LogP contribution in [0.2, 0.25) is 10.0 Å². The molecule has 1 N–H and O–H groups in total. The van der Waals surface area contributed by atoms with Crippen LogP contribution in [0.1, 0.15) is 5.56 Å². The number of hydrogen-bond acceptors (Lipinski definition) is 2. The van der Waals surface area contributed by atoms with E-state index in [0.717, 1.165) is 0 Å². The van der Waals surface area contributed by atoms with Crippen molar-refractivity contribution in [1.82, 2.24) is 0 Å². The summed E-state index contributed by atoms with van der Waals surface area (Å²) in [5.41, 5.74) is -0.570. The van der Waals surface area contributed by atoms with Crippen molar-refractivity contribution < 1.29 is 5.11 Å². The third kappa shape index (κ3) is 2.79. The first-order valence-corrected chi connectivity index (χ1v) is 4.94. The molecular weight excluding hydrogens is 251 g/mol. The lowest BCUT2D eigenvalue weighted by atomic mass is 10.1. The summed E-state index contributed by atoms with van der Waals surface area (Å²) >= 11 is 21.7. The van der Waals surface area contributed by atoms with Gasteiger partial charge in [-0.25, -0.2) is 0 Å². The predicted molar refractivity (Wildman–Crippen MR) is 60.0 cm³/mol. The van der Waals surface area contributed by atoms with Crippen molar-refractivity contribution in [3.05, 3.63) is 33.8 Å². The van der Waals surface area contributed by atoms with Crippen LogP contribution in [0.25, 0.3) is 0 Å². The van der Waals surface area contributed by atoms with Crippen LogP contribution in [0.3, 0.4) is 0 Å². The molecule has 0 spiro atoms. The van der Waals surface area contributed by atoms with E-state index in [1.165, 1.54) is 0 Å². The number of hydrogen-bond donors (Lipinski definition) is 1. The lowest BCUT2D eigenvalue weighted by molar-refractivity contribution is 0.322. The molecule has 5 heteroatoms. The molecular formula is C8H5Cl3OS. The molecule has 1 aromatic rings. The van der Waals surface area contributed by atoms with Crippen LogP contribution in [0.5, 0.6) is 0 Å². The number of aliphatic hydroxyl groups is 1. The molecule has 1 atom stereocenters. The molecule has 0 aromatic heterocycles. The summed E-state index contributed by atoms with van der Waals surface area (Å²) in [6.45, 7) is 0. The first kappa shape index (κ1) is 11.2. The zero-order chi connectivity index (χ0) is 10.0. The maximum Gasteiger partial charge on any atom is 0.163 e. The molecule has 0 aliphatic carbocycles. The van der Waals surface area contributed by atoms with Crippen LogP contribution < -0.4 is 0 Å². The molecule has 13 heavy (non-hydrogen) atoms. The number of aliphatic hydroxyl groups excluding tert-OH is 1. The fourth-order valence-corrected chi connectivity index (χ4v) is 1.34. The number of alkyl halides is 1. The summed E-state index contributed by atoms with van der Waals surface area (Å²) in [6, 6.07) is 4.82. The minimum absolute atomic E-state index is 0.236. The molecule has 0 aliphatic rings. The van der Waals surface area contributed by atoms with Crippen molar-refractivity contribution in [2.45, 2.75) is 5.56 Å². The van der Waals surface area contributed by atoms with E-state index >= 15 is 0 Å². The first-order valence-electron chi connectivity index (χ1n) is 3.34. The van der Waals surface area contributed by atoms with E-state index in [9.17, 15) is 0 Å². The molecule has 70 valence electrons. The van der Waals surface area contributed by atoms with E-state index in [4.69, 9.17) is 52.1 Å². The fourth-order valence-electron chi connectivity index (χ4n) is 0.787. The normalized spacial score (nSPS) is 12.6. The van der Waals surface area contributed by atoms with E-state index in [1.807, 2.05) is 0 Å². The average molecular weight is 256 g/mol. The maximum absolute atomic E-state index is 8.98. The standard InChI is InChI=1S/C8H5Cl3OS/c9-5-2-1-4(3-6(5)10)7(13)8(11)12/h1-3,8,12H. The molecule has 0 bridgehead atoms. The quantitative estimate of drug-likeness (QED) is 0.497. The molecule has 1 nitrogen and oxygen atoms in total. The highest BCUT2D eigenvalue weighted by molar-refractivity contribution is 7.81. The van der Waals surface area contributed by atoms with E-state index < -0.39 is 5.56 Å². The Labute approximate surface area is 96.2 Å². The highest BCUT2D eigenvalue weighted by Gasteiger charge is 2.10. The Morgan fingerprint density at radius 3 is 2.38 bits per heavy atom. The smallest absolute Gasteiger partial charge is 0.163 e. The Kier molecular flexibility index (Phi) is 3.95. The molecule has 1 aromatic carbocycles. The summed E-state index contributed by atoms with van der Waals surface area (Å²) in [4.78, 5) is 0.236. The number of thiocarbonyl (C=S) groups is 1. The summed E-state index contributed by atoms with van der Waals surface area (Å²) in [5, 5.41) is 9.81. The van der Waals surface area contributed by atoms with Gasteiger partial charge in [0.1, 0.15) is 0 Å². The predicted octanol–water partition coefficient (Wildman–Crippen LogP) is 3.27. The summed E-state index contributed by atoms with van der Waals surface area (Å²) in [6.07, 6.45) is 0. The van der Waals surface area contributed by atoms with Crippen molar-refractivity contribution in [1.29, 1.82) is 0 Å². The van der Waals surface area contributed by atoms with Gasteiger partial charge in [-0.2, -0.15) is 0 Å². The highest BCUT2D eigenvalue weighted by atomic mass is 35.5. The number of benzene rings is 1. The number of rotatable bonds is 2. The molecule has 1 unspecified atom stereocenters. The van der Waals surface area contributed by atoms with Gasteiger partial charge in [-0.05, 0) is 17.7 Å². The summed E-state index contributed by atoms with van der Waals surface area (Å²) in [7, 11) is 0. The van der Waals surface area contributed by atoms with Crippen LogP contribution in [0.4, 0.5) is 0 Å². The van der Waals surface area contributed by atoms with Gasteiger partial charge >= 0.3 is 0 Å². The zero-order valence-corrected chi connectivity index (χ0v) is 9.38. The SMILES string of the molecule is OC(Cl)C(=S)c1ccc(Cl)c(Cl)c1. The Morgan fingerprint density at radius 1 is 1.31 bits per heavy atom. The van der Waals surface area contributed by atoms with Crippen LogP contribution in [0, 0.1) is 0 Å². The van der Waals surface area contributed by atoms with Crippen molar-refractivity contribution in [2.75, 3.05) is 0 Å². The fraction of sp³-hybridized carbons (Fsp3) is 0.125. The second-order valence-corrected chi connectivity index (χ2v) is 4.00. The molecule has 0 radical (unpaired) electrons.